The van der Waals surface area contributed by atoms with Gasteiger partial charge < -0.3 is 10.4 Å². The highest BCUT2D eigenvalue weighted by molar-refractivity contribution is 7.80. The third kappa shape index (κ3) is 11.3. The van der Waals surface area contributed by atoms with Crippen LogP contribution in [-0.4, -0.2) is 29.8 Å². The average molecular weight is 283 g/mol. The Morgan fingerprint density at radius 2 is 2.05 bits per heavy atom. The number of carbonyl (C=O) groups is 2. The summed E-state index contributed by atoms with van der Waals surface area (Å²) in [5.74, 6) is 0.745. The van der Waals surface area contributed by atoms with Gasteiger partial charge in [0.1, 0.15) is 0 Å². The monoisotopic (exact) mass is 283 g/mol. The Bertz CT molecular complexity index is 357. The molecule has 1 amide bonds. The van der Waals surface area contributed by atoms with Gasteiger partial charge in [-0.15, -0.1) is 0 Å². The Labute approximate surface area is 119 Å². The molecule has 5 heteroatoms. The summed E-state index contributed by atoms with van der Waals surface area (Å²) in [6.07, 6.45) is 1.60. The first-order chi connectivity index (χ1) is 9.10. The molecule has 0 aliphatic rings. The standard InChI is InChI=1S/C10H14S.C4H7NO3/c1-9(8-11)7-10-5-3-2-4-6-10;6-3-5-2-1-4(7)8/h2-6,9,11H,7-8H2,1H3;3H,1-2H2,(H,5,6)(H,7,8). The summed E-state index contributed by atoms with van der Waals surface area (Å²) in [6.45, 7) is 2.43. The van der Waals surface area contributed by atoms with Crippen LogP contribution in [0.25, 0.3) is 0 Å². The van der Waals surface area contributed by atoms with Gasteiger partial charge in [0.2, 0.25) is 6.41 Å². The molecule has 0 saturated heterocycles. The lowest BCUT2D eigenvalue weighted by atomic mass is 10.0. The lowest BCUT2D eigenvalue weighted by molar-refractivity contribution is -0.136. The van der Waals surface area contributed by atoms with E-state index in [2.05, 4.69) is 55.2 Å². The van der Waals surface area contributed by atoms with Crippen LogP contribution in [-0.2, 0) is 16.0 Å². The molecule has 106 valence electrons. The van der Waals surface area contributed by atoms with Crippen molar-refractivity contribution in [3.8, 4) is 0 Å². The number of nitrogens with one attached hydrogen (secondary N) is 1. The van der Waals surface area contributed by atoms with Crippen LogP contribution in [0.5, 0.6) is 0 Å². The van der Waals surface area contributed by atoms with Crippen molar-refractivity contribution in [1.82, 2.24) is 5.32 Å². The topological polar surface area (TPSA) is 66.4 Å². The van der Waals surface area contributed by atoms with E-state index in [1.54, 1.807) is 0 Å². The highest BCUT2D eigenvalue weighted by Gasteiger charge is 1.99. The van der Waals surface area contributed by atoms with Gasteiger partial charge in [-0.05, 0) is 23.7 Å². The highest BCUT2D eigenvalue weighted by atomic mass is 32.1. The molecule has 2 N–H and O–H groups in total. The number of hydrogen-bond donors (Lipinski definition) is 3. The number of hydrogen-bond acceptors (Lipinski definition) is 3. The van der Waals surface area contributed by atoms with E-state index in [1.807, 2.05) is 0 Å². The quantitative estimate of drug-likeness (QED) is 0.407. The number of carboxylic acids is 1. The van der Waals surface area contributed by atoms with Gasteiger partial charge in [0, 0.05) is 6.54 Å². The zero-order valence-corrected chi connectivity index (χ0v) is 12.0. The minimum atomic E-state index is -0.903. The van der Waals surface area contributed by atoms with Crippen molar-refractivity contribution in [2.24, 2.45) is 5.92 Å². The molecule has 0 aliphatic heterocycles. The van der Waals surface area contributed by atoms with Gasteiger partial charge in [0.25, 0.3) is 0 Å². The van der Waals surface area contributed by atoms with Gasteiger partial charge in [-0.1, -0.05) is 37.3 Å². The predicted molar refractivity (Wildman–Crippen MR) is 79.5 cm³/mol. The molecule has 1 aromatic carbocycles. The second-order valence-electron chi connectivity index (χ2n) is 4.19. The zero-order valence-electron chi connectivity index (χ0n) is 11.1. The van der Waals surface area contributed by atoms with E-state index in [9.17, 15) is 9.59 Å². The second kappa shape index (κ2) is 11.6. The zero-order chi connectivity index (χ0) is 14.5. The van der Waals surface area contributed by atoms with Gasteiger partial charge in [0.15, 0.2) is 0 Å². The predicted octanol–water partition coefficient (Wildman–Crippen LogP) is 2.00. The van der Waals surface area contributed by atoms with E-state index in [4.69, 9.17) is 5.11 Å². The smallest absolute Gasteiger partial charge is 0.305 e. The largest absolute Gasteiger partial charge is 0.481 e. The fraction of sp³-hybridized carbons (Fsp3) is 0.429. The maximum absolute atomic E-state index is 9.72. The lowest BCUT2D eigenvalue weighted by Gasteiger charge is -2.06. The van der Waals surface area contributed by atoms with Crippen molar-refractivity contribution >= 4 is 25.0 Å². The molecule has 0 fully saturated rings. The summed E-state index contributed by atoms with van der Waals surface area (Å²) in [7, 11) is 0. The maximum atomic E-state index is 9.72. The van der Waals surface area contributed by atoms with E-state index in [-0.39, 0.29) is 13.0 Å². The molecule has 0 radical (unpaired) electrons. The Hall–Kier alpha value is -1.49. The minimum Gasteiger partial charge on any atom is -0.481 e. The molecule has 0 saturated carbocycles. The molecule has 19 heavy (non-hydrogen) atoms. The van der Waals surface area contributed by atoms with Gasteiger partial charge in [-0.3, -0.25) is 9.59 Å². The summed E-state index contributed by atoms with van der Waals surface area (Å²) in [4.78, 5) is 19.2. The Balaban J connectivity index is 0.000000362. The number of carbonyl (C=O) groups excluding carboxylic acids is 1. The van der Waals surface area contributed by atoms with Crippen molar-refractivity contribution < 1.29 is 14.7 Å². The fourth-order valence-corrected chi connectivity index (χ4v) is 1.45. The van der Waals surface area contributed by atoms with Crippen LogP contribution in [0.3, 0.4) is 0 Å². The summed E-state index contributed by atoms with van der Waals surface area (Å²) in [5, 5.41) is 10.2. The van der Waals surface area contributed by atoms with Crippen LogP contribution < -0.4 is 5.32 Å². The molecule has 4 nitrogen and oxygen atoms in total. The van der Waals surface area contributed by atoms with E-state index in [1.165, 1.54) is 5.56 Å². The Morgan fingerprint density at radius 3 is 2.53 bits per heavy atom. The molecular weight excluding hydrogens is 262 g/mol. The molecule has 0 aromatic heterocycles. The SMILES string of the molecule is CC(CS)Cc1ccccc1.O=CNCCC(=O)O. The Kier molecular flexibility index (Phi) is 10.7. The van der Waals surface area contributed by atoms with Crippen molar-refractivity contribution in [3.63, 3.8) is 0 Å². The van der Waals surface area contributed by atoms with Crippen LogP contribution in [0.15, 0.2) is 30.3 Å². The summed E-state index contributed by atoms with van der Waals surface area (Å²) >= 11 is 4.25. The van der Waals surface area contributed by atoms with Crippen LogP contribution in [0.4, 0.5) is 0 Å². The molecule has 0 spiro atoms. The number of thiol groups is 1. The first kappa shape index (κ1) is 17.5. The highest BCUT2D eigenvalue weighted by Crippen LogP contribution is 2.08. The molecule has 1 atom stereocenters. The summed E-state index contributed by atoms with van der Waals surface area (Å²) < 4.78 is 0. The summed E-state index contributed by atoms with van der Waals surface area (Å²) in [5.41, 5.74) is 1.41. The van der Waals surface area contributed by atoms with Crippen LogP contribution in [0.2, 0.25) is 0 Å². The van der Waals surface area contributed by atoms with E-state index in [0.29, 0.717) is 12.3 Å². The number of rotatable bonds is 7. The van der Waals surface area contributed by atoms with Crippen LogP contribution >= 0.6 is 12.6 Å². The van der Waals surface area contributed by atoms with E-state index < -0.39 is 5.97 Å². The molecule has 0 aliphatic carbocycles. The first-order valence-corrected chi connectivity index (χ1v) is 6.77. The van der Waals surface area contributed by atoms with Crippen molar-refractivity contribution in [1.29, 1.82) is 0 Å². The average Bonchev–Trinajstić information content (AvgIpc) is 2.40. The molecular formula is C14H21NO3S. The maximum Gasteiger partial charge on any atom is 0.305 e. The van der Waals surface area contributed by atoms with E-state index >= 15 is 0 Å². The second-order valence-corrected chi connectivity index (χ2v) is 4.56. The van der Waals surface area contributed by atoms with Crippen molar-refractivity contribution in [2.75, 3.05) is 12.3 Å². The van der Waals surface area contributed by atoms with Gasteiger partial charge in [-0.25, -0.2) is 0 Å². The van der Waals surface area contributed by atoms with Crippen LogP contribution in [0, 0.1) is 5.92 Å². The molecule has 1 aromatic rings. The minimum absolute atomic E-state index is 0.0151. The lowest BCUT2D eigenvalue weighted by Crippen LogP contribution is -2.15. The third-order valence-corrected chi connectivity index (χ3v) is 2.93. The molecule has 0 bridgehead atoms. The molecule has 1 rings (SSSR count). The number of carboxylic acid groups (broad SMARTS) is 1. The van der Waals surface area contributed by atoms with Gasteiger partial charge in [-0.2, -0.15) is 12.6 Å². The molecule has 0 heterocycles. The van der Waals surface area contributed by atoms with Crippen LogP contribution in [0.1, 0.15) is 18.9 Å². The molecule has 1 unspecified atom stereocenters. The fourth-order valence-electron chi connectivity index (χ4n) is 1.32. The third-order valence-electron chi connectivity index (χ3n) is 2.31. The van der Waals surface area contributed by atoms with E-state index in [0.717, 1.165) is 12.2 Å². The normalized spacial score (nSPS) is 10.8. The summed E-state index contributed by atoms with van der Waals surface area (Å²) in [6, 6.07) is 10.6. The van der Waals surface area contributed by atoms with Gasteiger partial charge >= 0.3 is 5.97 Å². The van der Waals surface area contributed by atoms with Crippen molar-refractivity contribution in [2.45, 2.75) is 19.8 Å². The number of amides is 1. The van der Waals surface area contributed by atoms with Gasteiger partial charge in [0.05, 0.1) is 6.42 Å². The van der Waals surface area contributed by atoms with Crippen molar-refractivity contribution in [3.05, 3.63) is 35.9 Å². The first-order valence-electron chi connectivity index (χ1n) is 6.13. The number of aliphatic carboxylic acids is 1. The Morgan fingerprint density at radius 1 is 1.42 bits per heavy atom. The number of benzene rings is 1.